The van der Waals surface area contributed by atoms with E-state index in [1.54, 1.807) is 11.8 Å². The molecule has 0 atom stereocenters. The zero-order valence-corrected chi connectivity index (χ0v) is 10.1. The molecule has 0 radical (unpaired) electrons. The molecule has 0 amide bonds. The maximum absolute atomic E-state index is 5.98. The van der Waals surface area contributed by atoms with Crippen LogP contribution in [0.4, 0.5) is 0 Å². The fraction of sp³-hybridized carbons (Fsp3) is 0.273. The van der Waals surface area contributed by atoms with Crippen LogP contribution in [0.15, 0.2) is 29.3 Å². The van der Waals surface area contributed by atoms with Gasteiger partial charge in [-0.15, -0.1) is 22.0 Å². The molecule has 0 N–H and O–H groups in total. The molecule has 1 heterocycles. The van der Waals surface area contributed by atoms with E-state index in [2.05, 4.69) is 24.0 Å². The average molecular weight is 239 g/mol. The summed E-state index contributed by atoms with van der Waals surface area (Å²) >= 11 is 7.69. The second-order valence-electron chi connectivity index (χ2n) is 3.51. The van der Waals surface area contributed by atoms with Crippen molar-refractivity contribution >= 4 is 34.1 Å². The summed E-state index contributed by atoms with van der Waals surface area (Å²) < 4.78 is 0. The van der Waals surface area contributed by atoms with Crippen LogP contribution in [0.2, 0.25) is 5.15 Å². The largest absolute Gasteiger partial charge is 0.159 e. The van der Waals surface area contributed by atoms with Crippen LogP contribution in [-0.2, 0) is 0 Å². The van der Waals surface area contributed by atoms with Crippen LogP contribution in [0.1, 0.15) is 13.8 Å². The molecule has 0 spiro atoms. The maximum atomic E-state index is 5.98. The van der Waals surface area contributed by atoms with E-state index in [1.807, 2.05) is 24.3 Å². The Hall–Kier alpha value is -0.800. The van der Waals surface area contributed by atoms with Crippen LogP contribution in [-0.4, -0.2) is 15.4 Å². The van der Waals surface area contributed by atoms with Crippen molar-refractivity contribution in [2.24, 2.45) is 0 Å². The van der Waals surface area contributed by atoms with Gasteiger partial charge in [0.1, 0.15) is 5.03 Å². The molecular formula is C11H11ClN2S. The Morgan fingerprint density at radius 2 is 1.80 bits per heavy atom. The van der Waals surface area contributed by atoms with Crippen LogP contribution in [0.25, 0.3) is 10.8 Å². The number of aromatic nitrogens is 2. The van der Waals surface area contributed by atoms with Gasteiger partial charge in [-0.25, -0.2) is 0 Å². The third-order valence-electron chi connectivity index (χ3n) is 1.96. The molecule has 15 heavy (non-hydrogen) atoms. The van der Waals surface area contributed by atoms with E-state index in [0.29, 0.717) is 10.4 Å². The number of hydrogen-bond donors (Lipinski definition) is 0. The summed E-state index contributed by atoms with van der Waals surface area (Å²) in [5, 5.41) is 12.0. The minimum Gasteiger partial charge on any atom is -0.142 e. The Morgan fingerprint density at radius 1 is 1.13 bits per heavy atom. The minimum atomic E-state index is 0.471. The molecule has 1 aromatic carbocycles. The van der Waals surface area contributed by atoms with E-state index in [1.165, 1.54) is 0 Å². The monoisotopic (exact) mass is 238 g/mol. The van der Waals surface area contributed by atoms with Crippen molar-refractivity contribution in [3.05, 3.63) is 29.4 Å². The lowest BCUT2D eigenvalue weighted by Gasteiger charge is -2.07. The fourth-order valence-electron chi connectivity index (χ4n) is 1.36. The molecule has 0 aliphatic carbocycles. The summed E-state index contributed by atoms with van der Waals surface area (Å²) in [7, 11) is 0. The molecule has 0 unspecified atom stereocenters. The van der Waals surface area contributed by atoms with Gasteiger partial charge < -0.3 is 0 Å². The van der Waals surface area contributed by atoms with E-state index in [0.717, 1.165) is 15.8 Å². The predicted molar refractivity (Wildman–Crippen MR) is 65.5 cm³/mol. The molecule has 0 bridgehead atoms. The topological polar surface area (TPSA) is 25.8 Å². The molecule has 78 valence electrons. The third-order valence-corrected chi connectivity index (χ3v) is 3.23. The van der Waals surface area contributed by atoms with Crippen LogP contribution in [0.5, 0.6) is 0 Å². The average Bonchev–Trinajstić information content (AvgIpc) is 2.22. The van der Waals surface area contributed by atoms with Gasteiger partial charge in [0.25, 0.3) is 0 Å². The summed E-state index contributed by atoms with van der Waals surface area (Å²) in [5.74, 6) is 0. The Kier molecular flexibility index (Phi) is 3.12. The molecule has 0 aliphatic rings. The molecule has 0 aliphatic heterocycles. The van der Waals surface area contributed by atoms with Gasteiger partial charge in [0.05, 0.1) is 0 Å². The number of rotatable bonds is 2. The zero-order valence-electron chi connectivity index (χ0n) is 8.57. The van der Waals surface area contributed by atoms with Crippen LogP contribution < -0.4 is 0 Å². The van der Waals surface area contributed by atoms with Gasteiger partial charge in [0.15, 0.2) is 5.15 Å². The van der Waals surface area contributed by atoms with Crippen molar-refractivity contribution in [1.82, 2.24) is 10.2 Å². The van der Waals surface area contributed by atoms with Gasteiger partial charge in [-0.2, -0.15) is 0 Å². The summed E-state index contributed by atoms with van der Waals surface area (Å²) in [6.45, 7) is 4.27. The standard InChI is InChI=1S/C11H11ClN2S/c1-7(2)15-11-9-6-4-3-5-8(9)10(12)13-14-11/h3-7H,1-2H3. The van der Waals surface area contributed by atoms with Crippen molar-refractivity contribution in [3.63, 3.8) is 0 Å². The first-order chi connectivity index (χ1) is 7.18. The molecule has 2 rings (SSSR count). The summed E-state index contributed by atoms with van der Waals surface area (Å²) in [6.07, 6.45) is 0. The van der Waals surface area contributed by atoms with E-state index >= 15 is 0 Å². The highest BCUT2D eigenvalue weighted by molar-refractivity contribution is 8.00. The third kappa shape index (κ3) is 2.24. The molecule has 0 saturated heterocycles. The number of benzene rings is 1. The van der Waals surface area contributed by atoms with Crippen molar-refractivity contribution < 1.29 is 0 Å². The van der Waals surface area contributed by atoms with Crippen LogP contribution in [0.3, 0.4) is 0 Å². The van der Waals surface area contributed by atoms with Crippen molar-refractivity contribution in [3.8, 4) is 0 Å². The molecule has 1 aromatic heterocycles. The van der Waals surface area contributed by atoms with Gasteiger partial charge in [-0.05, 0) is 0 Å². The highest BCUT2D eigenvalue weighted by atomic mass is 35.5. The maximum Gasteiger partial charge on any atom is 0.159 e. The Labute approximate surface area is 98.0 Å². The zero-order chi connectivity index (χ0) is 10.8. The minimum absolute atomic E-state index is 0.471. The summed E-state index contributed by atoms with van der Waals surface area (Å²) in [5.41, 5.74) is 0. The first kappa shape index (κ1) is 10.7. The quantitative estimate of drug-likeness (QED) is 0.745. The Bertz CT molecular complexity index is 485. The lowest BCUT2D eigenvalue weighted by Crippen LogP contribution is -1.93. The van der Waals surface area contributed by atoms with E-state index in [-0.39, 0.29) is 0 Å². The number of thioether (sulfide) groups is 1. The van der Waals surface area contributed by atoms with Gasteiger partial charge in [-0.3, -0.25) is 0 Å². The first-order valence-corrected chi connectivity index (χ1v) is 6.02. The van der Waals surface area contributed by atoms with Gasteiger partial charge in [0.2, 0.25) is 0 Å². The van der Waals surface area contributed by atoms with E-state index in [4.69, 9.17) is 11.6 Å². The van der Waals surface area contributed by atoms with Crippen LogP contribution in [0, 0.1) is 0 Å². The molecule has 0 saturated carbocycles. The SMILES string of the molecule is CC(C)Sc1nnc(Cl)c2ccccc12. The lowest BCUT2D eigenvalue weighted by atomic mass is 10.2. The Morgan fingerprint density at radius 3 is 2.47 bits per heavy atom. The highest BCUT2D eigenvalue weighted by Crippen LogP contribution is 2.30. The highest BCUT2D eigenvalue weighted by Gasteiger charge is 2.08. The fourth-order valence-corrected chi connectivity index (χ4v) is 2.40. The lowest BCUT2D eigenvalue weighted by molar-refractivity contribution is 0.949. The van der Waals surface area contributed by atoms with Gasteiger partial charge >= 0.3 is 0 Å². The smallest absolute Gasteiger partial charge is 0.142 e. The second kappa shape index (κ2) is 4.37. The summed E-state index contributed by atoms with van der Waals surface area (Å²) in [6, 6.07) is 7.95. The van der Waals surface area contributed by atoms with Gasteiger partial charge in [0, 0.05) is 16.0 Å². The number of halogens is 1. The second-order valence-corrected chi connectivity index (χ2v) is 5.43. The van der Waals surface area contributed by atoms with E-state index in [9.17, 15) is 0 Å². The predicted octanol–water partition coefficient (Wildman–Crippen LogP) is 3.78. The number of fused-ring (bicyclic) bond motifs is 1. The molecule has 2 aromatic rings. The summed E-state index contributed by atoms with van der Waals surface area (Å²) in [4.78, 5) is 0. The normalized spacial score (nSPS) is 11.2. The molecule has 0 fully saturated rings. The Balaban J connectivity index is 2.61. The van der Waals surface area contributed by atoms with Gasteiger partial charge in [-0.1, -0.05) is 49.7 Å². The van der Waals surface area contributed by atoms with Crippen LogP contribution >= 0.6 is 23.4 Å². The molecular weight excluding hydrogens is 228 g/mol. The van der Waals surface area contributed by atoms with E-state index < -0.39 is 0 Å². The number of hydrogen-bond acceptors (Lipinski definition) is 3. The van der Waals surface area contributed by atoms with Crippen molar-refractivity contribution in [2.75, 3.05) is 0 Å². The molecule has 4 heteroatoms. The number of nitrogens with zero attached hydrogens (tertiary/aromatic N) is 2. The molecule has 2 nitrogen and oxygen atoms in total. The van der Waals surface area contributed by atoms with Crippen molar-refractivity contribution in [1.29, 1.82) is 0 Å². The first-order valence-electron chi connectivity index (χ1n) is 4.76. The van der Waals surface area contributed by atoms with Crippen molar-refractivity contribution in [2.45, 2.75) is 24.1 Å².